The zero-order chi connectivity index (χ0) is 9.26. The molecule has 2 heterocycles. The quantitative estimate of drug-likeness (QED) is 0.699. The summed E-state index contributed by atoms with van der Waals surface area (Å²) in [6.45, 7) is 1.89. The number of halogens is 1. The molecular weight excluding hydrogens is 190 g/mol. The van der Waals surface area contributed by atoms with Crippen molar-refractivity contribution in [2.24, 2.45) is 0 Å². The van der Waals surface area contributed by atoms with Gasteiger partial charge in [-0.2, -0.15) is 4.98 Å². The molecule has 0 amide bonds. The molecule has 0 aliphatic heterocycles. The van der Waals surface area contributed by atoms with Crippen LogP contribution in [0.4, 0.5) is 0 Å². The Balaban J connectivity index is 2.46. The average molecular weight is 196 g/mol. The van der Waals surface area contributed by atoms with Gasteiger partial charge in [0.1, 0.15) is 0 Å². The standard InChI is InChI=1S/C8H6ClN3O/c1-5-4-6(2-3-10-5)7-11-8(9)12-13-7/h2-4H,1H3. The SMILES string of the molecule is Cc1cc(-c2nc(Cl)no2)ccn1. The van der Waals surface area contributed by atoms with Crippen molar-refractivity contribution in [3.8, 4) is 11.5 Å². The number of pyridine rings is 1. The molecule has 0 saturated carbocycles. The summed E-state index contributed by atoms with van der Waals surface area (Å²) in [6, 6.07) is 3.64. The number of hydrogen-bond acceptors (Lipinski definition) is 4. The molecule has 0 radical (unpaired) electrons. The predicted octanol–water partition coefficient (Wildman–Crippen LogP) is 2.09. The van der Waals surface area contributed by atoms with Gasteiger partial charge < -0.3 is 4.52 Å². The van der Waals surface area contributed by atoms with E-state index in [1.54, 1.807) is 12.3 Å². The molecular formula is C8H6ClN3O. The van der Waals surface area contributed by atoms with Crippen LogP contribution in [-0.4, -0.2) is 15.1 Å². The smallest absolute Gasteiger partial charge is 0.264 e. The number of rotatable bonds is 1. The molecule has 0 aliphatic rings. The van der Waals surface area contributed by atoms with Crippen molar-refractivity contribution in [1.29, 1.82) is 0 Å². The first-order valence-corrected chi connectivity index (χ1v) is 4.06. The zero-order valence-corrected chi connectivity index (χ0v) is 7.62. The minimum absolute atomic E-state index is 0.115. The Kier molecular flexibility index (Phi) is 1.98. The van der Waals surface area contributed by atoms with Crippen LogP contribution in [0.15, 0.2) is 22.9 Å². The molecule has 0 aliphatic carbocycles. The molecule has 2 aromatic rings. The Morgan fingerprint density at radius 2 is 2.31 bits per heavy atom. The van der Waals surface area contributed by atoms with E-state index in [1.165, 1.54) is 0 Å². The lowest BCUT2D eigenvalue weighted by Gasteiger charge is -1.93. The fraction of sp³-hybridized carbons (Fsp3) is 0.125. The van der Waals surface area contributed by atoms with Crippen LogP contribution in [0.25, 0.3) is 11.5 Å². The Morgan fingerprint density at radius 3 is 2.92 bits per heavy atom. The van der Waals surface area contributed by atoms with Crippen LogP contribution in [0, 0.1) is 6.92 Å². The largest absolute Gasteiger partial charge is 0.333 e. The molecule has 0 fully saturated rings. The normalized spacial score (nSPS) is 10.3. The van der Waals surface area contributed by atoms with Crippen molar-refractivity contribution < 1.29 is 4.52 Å². The summed E-state index contributed by atoms with van der Waals surface area (Å²) in [5.41, 5.74) is 1.72. The van der Waals surface area contributed by atoms with E-state index in [0.717, 1.165) is 11.3 Å². The highest BCUT2D eigenvalue weighted by atomic mass is 35.5. The minimum Gasteiger partial charge on any atom is -0.333 e. The summed E-state index contributed by atoms with van der Waals surface area (Å²) in [6.07, 6.45) is 1.68. The maximum atomic E-state index is 5.52. The molecule has 0 unspecified atom stereocenters. The highest BCUT2D eigenvalue weighted by molar-refractivity contribution is 6.28. The van der Waals surface area contributed by atoms with Crippen LogP contribution in [-0.2, 0) is 0 Å². The highest BCUT2D eigenvalue weighted by Gasteiger charge is 2.06. The summed E-state index contributed by atoms with van der Waals surface area (Å²) < 4.78 is 4.88. The van der Waals surface area contributed by atoms with Crippen LogP contribution < -0.4 is 0 Å². The van der Waals surface area contributed by atoms with Crippen molar-refractivity contribution in [3.63, 3.8) is 0 Å². The van der Waals surface area contributed by atoms with Gasteiger partial charge in [0.25, 0.3) is 11.2 Å². The van der Waals surface area contributed by atoms with E-state index in [9.17, 15) is 0 Å². The molecule has 0 spiro atoms. The van der Waals surface area contributed by atoms with Crippen molar-refractivity contribution in [2.75, 3.05) is 0 Å². The first-order chi connectivity index (χ1) is 6.25. The highest BCUT2D eigenvalue weighted by Crippen LogP contribution is 2.18. The minimum atomic E-state index is 0.115. The molecule has 0 bridgehead atoms. The summed E-state index contributed by atoms with van der Waals surface area (Å²) in [5.74, 6) is 0.413. The molecule has 5 heteroatoms. The van der Waals surface area contributed by atoms with Gasteiger partial charge in [-0.25, -0.2) is 0 Å². The fourth-order valence-electron chi connectivity index (χ4n) is 1.00. The van der Waals surface area contributed by atoms with E-state index >= 15 is 0 Å². The lowest BCUT2D eigenvalue weighted by Crippen LogP contribution is -1.82. The molecule has 13 heavy (non-hydrogen) atoms. The Labute approximate surface area is 79.6 Å². The van der Waals surface area contributed by atoms with Crippen molar-refractivity contribution >= 4 is 11.6 Å². The second-order valence-corrected chi connectivity index (χ2v) is 2.89. The van der Waals surface area contributed by atoms with Gasteiger partial charge >= 0.3 is 0 Å². The second kappa shape index (κ2) is 3.14. The molecule has 2 aromatic heterocycles. The zero-order valence-electron chi connectivity index (χ0n) is 6.86. The molecule has 0 atom stereocenters. The van der Waals surface area contributed by atoms with Crippen LogP contribution in [0.3, 0.4) is 0 Å². The van der Waals surface area contributed by atoms with E-state index in [1.807, 2.05) is 13.0 Å². The average Bonchev–Trinajstić information content (AvgIpc) is 2.52. The number of hydrogen-bond donors (Lipinski definition) is 0. The molecule has 0 aromatic carbocycles. The third kappa shape index (κ3) is 1.67. The predicted molar refractivity (Wildman–Crippen MR) is 47.3 cm³/mol. The van der Waals surface area contributed by atoms with Gasteiger partial charge in [0.2, 0.25) is 0 Å². The fourth-order valence-corrected chi connectivity index (χ4v) is 1.11. The maximum absolute atomic E-state index is 5.52. The van der Waals surface area contributed by atoms with Gasteiger partial charge in [-0.1, -0.05) is 0 Å². The van der Waals surface area contributed by atoms with E-state index in [-0.39, 0.29) is 5.28 Å². The number of aryl methyl sites for hydroxylation is 1. The van der Waals surface area contributed by atoms with Gasteiger partial charge in [0.15, 0.2) is 0 Å². The topological polar surface area (TPSA) is 51.8 Å². The van der Waals surface area contributed by atoms with Gasteiger partial charge in [-0.3, -0.25) is 4.98 Å². The lowest BCUT2D eigenvalue weighted by molar-refractivity contribution is 0.430. The summed E-state index contributed by atoms with van der Waals surface area (Å²) >= 11 is 5.52. The Bertz CT molecular complexity index is 427. The van der Waals surface area contributed by atoms with Crippen LogP contribution in [0.5, 0.6) is 0 Å². The Morgan fingerprint density at radius 1 is 1.46 bits per heavy atom. The molecule has 0 saturated heterocycles. The van der Waals surface area contributed by atoms with Crippen LogP contribution in [0.1, 0.15) is 5.69 Å². The number of nitrogens with zero attached hydrogens (tertiary/aromatic N) is 3. The van der Waals surface area contributed by atoms with Crippen molar-refractivity contribution in [3.05, 3.63) is 29.3 Å². The Hall–Kier alpha value is -1.42. The van der Waals surface area contributed by atoms with Gasteiger partial charge in [-0.05, 0) is 35.8 Å². The third-order valence-corrected chi connectivity index (χ3v) is 1.70. The molecule has 2 rings (SSSR count). The van der Waals surface area contributed by atoms with Gasteiger partial charge in [0, 0.05) is 17.5 Å². The van der Waals surface area contributed by atoms with E-state index in [4.69, 9.17) is 16.1 Å². The molecule has 0 N–H and O–H groups in total. The van der Waals surface area contributed by atoms with E-state index in [2.05, 4.69) is 15.1 Å². The summed E-state index contributed by atoms with van der Waals surface area (Å²) in [5, 5.41) is 3.60. The number of aromatic nitrogens is 3. The van der Waals surface area contributed by atoms with E-state index in [0.29, 0.717) is 5.89 Å². The molecule has 4 nitrogen and oxygen atoms in total. The van der Waals surface area contributed by atoms with Crippen molar-refractivity contribution in [2.45, 2.75) is 6.92 Å². The molecule has 66 valence electrons. The summed E-state index contributed by atoms with van der Waals surface area (Å²) in [7, 11) is 0. The van der Waals surface area contributed by atoms with Crippen molar-refractivity contribution in [1.82, 2.24) is 15.1 Å². The van der Waals surface area contributed by atoms with Crippen LogP contribution in [0.2, 0.25) is 5.28 Å². The second-order valence-electron chi connectivity index (χ2n) is 2.55. The third-order valence-electron chi connectivity index (χ3n) is 1.54. The van der Waals surface area contributed by atoms with E-state index < -0.39 is 0 Å². The first-order valence-electron chi connectivity index (χ1n) is 3.68. The first kappa shape index (κ1) is 8.19. The lowest BCUT2D eigenvalue weighted by atomic mass is 10.2. The van der Waals surface area contributed by atoms with Gasteiger partial charge in [-0.15, -0.1) is 0 Å². The summed E-state index contributed by atoms with van der Waals surface area (Å²) in [4.78, 5) is 7.93. The monoisotopic (exact) mass is 195 g/mol. The van der Waals surface area contributed by atoms with Crippen LogP contribution >= 0.6 is 11.6 Å². The maximum Gasteiger partial charge on any atom is 0.264 e. The van der Waals surface area contributed by atoms with Gasteiger partial charge in [0.05, 0.1) is 0 Å².